The molecular weight excluding hydrogens is 290 g/mol. The van der Waals surface area contributed by atoms with Crippen LogP contribution >= 0.6 is 0 Å². The summed E-state index contributed by atoms with van der Waals surface area (Å²) in [7, 11) is 0. The zero-order chi connectivity index (χ0) is 16.1. The maximum atomic E-state index is 12.4. The third kappa shape index (κ3) is 3.80. The molecule has 3 rings (SSSR count). The molecular formula is C18H21N3O2. The maximum Gasteiger partial charge on any atom is 0.272 e. The highest BCUT2D eigenvalue weighted by Crippen LogP contribution is 2.21. The highest BCUT2D eigenvalue weighted by atomic mass is 16.5. The average Bonchev–Trinajstić information content (AvgIpc) is 3.11. The summed E-state index contributed by atoms with van der Waals surface area (Å²) in [6, 6.07) is 11.4. The van der Waals surface area contributed by atoms with Crippen LogP contribution in [0.15, 0.2) is 42.6 Å². The van der Waals surface area contributed by atoms with Gasteiger partial charge < -0.3 is 15.0 Å². The zero-order valence-electron chi connectivity index (χ0n) is 13.3. The van der Waals surface area contributed by atoms with Gasteiger partial charge in [-0.05, 0) is 56.2 Å². The smallest absolute Gasteiger partial charge is 0.272 e. The first-order chi connectivity index (χ1) is 11.3. The molecule has 0 spiro atoms. The van der Waals surface area contributed by atoms with Crippen LogP contribution in [0.5, 0.6) is 5.75 Å². The molecule has 1 aliphatic heterocycles. The Morgan fingerprint density at radius 2 is 1.91 bits per heavy atom. The fraction of sp³-hybridized carbons (Fsp3) is 0.333. The van der Waals surface area contributed by atoms with Gasteiger partial charge in [-0.1, -0.05) is 0 Å². The molecule has 0 saturated carbocycles. The molecule has 1 N–H and O–H groups in total. The highest BCUT2D eigenvalue weighted by molar-refractivity contribution is 5.93. The number of pyridine rings is 1. The summed E-state index contributed by atoms with van der Waals surface area (Å²) >= 11 is 0. The molecule has 0 atom stereocenters. The van der Waals surface area contributed by atoms with Crippen molar-refractivity contribution >= 4 is 17.3 Å². The molecule has 1 amide bonds. The fourth-order valence-corrected chi connectivity index (χ4v) is 2.68. The van der Waals surface area contributed by atoms with Gasteiger partial charge in [-0.15, -0.1) is 0 Å². The van der Waals surface area contributed by atoms with Crippen LogP contribution in [0.1, 0.15) is 30.3 Å². The second-order valence-electron chi connectivity index (χ2n) is 5.51. The number of nitrogens with zero attached hydrogens (tertiary/aromatic N) is 2. The van der Waals surface area contributed by atoms with E-state index in [0.29, 0.717) is 12.3 Å². The van der Waals surface area contributed by atoms with E-state index < -0.39 is 0 Å². The van der Waals surface area contributed by atoms with Gasteiger partial charge in [0.15, 0.2) is 0 Å². The van der Waals surface area contributed by atoms with Crippen LogP contribution in [-0.2, 0) is 0 Å². The zero-order valence-corrected chi connectivity index (χ0v) is 13.3. The molecule has 5 heteroatoms. The van der Waals surface area contributed by atoms with Crippen molar-refractivity contribution in [2.75, 3.05) is 25.0 Å². The summed E-state index contributed by atoms with van der Waals surface area (Å²) in [5.41, 5.74) is 2.29. The van der Waals surface area contributed by atoms with E-state index in [4.69, 9.17) is 4.74 Å². The molecule has 0 radical (unpaired) electrons. The van der Waals surface area contributed by atoms with Crippen molar-refractivity contribution in [1.82, 2.24) is 9.88 Å². The topological polar surface area (TPSA) is 54.5 Å². The third-order valence-electron chi connectivity index (χ3n) is 3.83. The number of anilines is 2. The van der Waals surface area contributed by atoms with Crippen LogP contribution in [0.3, 0.4) is 0 Å². The number of hydrogen-bond donors (Lipinski definition) is 1. The number of hydrogen-bond acceptors (Lipinski definition) is 4. The number of amides is 1. The summed E-state index contributed by atoms with van der Waals surface area (Å²) in [6.07, 6.45) is 3.83. The van der Waals surface area contributed by atoms with Crippen molar-refractivity contribution < 1.29 is 9.53 Å². The highest BCUT2D eigenvalue weighted by Gasteiger charge is 2.20. The Kier molecular flexibility index (Phi) is 4.76. The van der Waals surface area contributed by atoms with Crippen LogP contribution in [-0.4, -0.2) is 35.5 Å². The predicted molar refractivity (Wildman–Crippen MR) is 90.3 cm³/mol. The van der Waals surface area contributed by atoms with E-state index in [0.717, 1.165) is 43.1 Å². The lowest BCUT2D eigenvalue weighted by Crippen LogP contribution is -2.28. The van der Waals surface area contributed by atoms with Gasteiger partial charge in [-0.3, -0.25) is 9.78 Å². The van der Waals surface area contributed by atoms with E-state index in [-0.39, 0.29) is 5.91 Å². The average molecular weight is 311 g/mol. The number of nitrogens with one attached hydrogen (secondary N) is 1. The maximum absolute atomic E-state index is 12.4. The Morgan fingerprint density at radius 1 is 1.17 bits per heavy atom. The van der Waals surface area contributed by atoms with E-state index in [1.807, 2.05) is 42.2 Å². The Balaban J connectivity index is 1.70. The number of aromatic nitrogens is 1. The molecule has 1 aliphatic rings. The Morgan fingerprint density at radius 3 is 2.61 bits per heavy atom. The van der Waals surface area contributed by atoms with E-state index in [2.05, 4.69) is 10.3 Å². The standard InChI is InChI=1S/C18H21N3O2/c1-2-23-16-7-5-14(6-8-16)20-15-9-10-19-17(13-15)18(22)21-11-3-4-12-21/h5-10,13H,2-4,11-12H2,1H3,(H,19,20). The van der Waals surface area contributed by atoms with E-state index in [1.54, 1.807) is 12.3 Å². The lowest BCUT2D eigenvalue weighted by molar-refractivity contribution is 0.0787. The second kappa shape index (κ2) is 7.13. The number of benzene rings is 1. The summed E-state index contributed by atoms with van der Waals surface area (Å²) in [4.78, 5) is 18.5. The molecule has 1 saturated heterocycles. The van der Waals surface area contributed by atoms with Gasteiger partial charge in [0.05, 0.1) is 6.61 Å². The van der Waals surface area contributed by atoms with E-state index >= 15 is 0 Å². The van der Waals surface area contributed by atoms with Crippen molar-refractivity contribution in [2.24, 2.45) is 0 Å². The number of carbonyl (C=O) groups is 1. The third-order valence-corrected chi connectivity index (χ3v) is 3.83. The van der Waals surface area contributed by atoms with Crippen molar-refractivity contribution in [1.29, 1.82) is 0 Å². The summed E-state index contributed by atoms with van der Waals surface area (Å²) in [6.45, 7) is 4.27. The number of ether oxygens (including phenoxy) is 1. The molecule has 120 valence electrons. The molecule has 2 aromatic rings. The molecule has 1 aromatic carbocycles. The molecule has 5 nitrogen and oxygen atoms in total. The quantitative estimate of drug-likeness (QED) is 0.919. The lowest BCUT2D eigenvalue weighted by atomic mass is 10.2. The predicted octanol–water partition coefficient (Wildman–Crippen LogP) is 3.46. The van der Waals surface area contributed by atoms with Gasteiger partial charge in [0.25, 0.3) is 5.91 Å². The van der Waals surface area contributed by atoms with Crippen molar-refractivity contribution in [3.63, 3.8) is 0 Å². The van der Waals surface area contributed by atoms with E-state index in [1.165, 1.54) is 0 Å². The second-order valence-corrected chi connectivity index (χ2v) is 5.51. The van der Waals surface area contributed by atoms with Gasteiger partial charge in [0, 0.05) is 30.7 Å². The van der Waals surface area contributed by atoms with Crippen LogP contribution in [0.25, 0.3) is 0 Å². The molecule has 0 bridgehead atoms. The number of likely N-dealkylation sites (tertiary alicyclic amines) is 1. The Bertz CT molecular complexity index is 664. The monoisotopic (exact) mass is 311 g/mol. The fourth-order valence-electron chi connectivity index (χ4n) is 2.68. The molecule has 0 aliphatic carbocycles. The van der Waals surface area contributed by atoms with Gasteiger partial charge in [-0.25, -0.2) is 0 Å². The van der Waals surface area contributed by atoms with Crippen LogP contribution in [0.4, 0.5) is 11.4 Å². The minimum absolute atomic E-state index is 0.0119. The van der Waals surface area contributed by atoms with Crippen molar-refractivity contribution in [2.45, 2.75) is 19.8 Å². The minimum atomic E-state index is 0.0119. The molecule has 0 unspecified atom stereocenters. The first-order valence-corrected chi connectivity index (χ1v) is 8.01. The van der Waals surface area contributed by atoms with Gasteiger partial charge in [0.2, 0.25) is 0 Å². The van der Waals surface area contributed by atoms with E-state index in [9.17, 15) is 4.79 Å². The van der Waals surface area contributed by atoms with Crippen LogP contribution in [0.2, 0.25) is 0 Å². The van der Waals surface area contributed by atoms with Gasteiger partial charge in [0.1, 0.15) is 11.4 Å². The lowest BCUT2D eigenvalue weighted by Gasteiger charge is -2.15. The first kappa shape index (κ1) is 15.3. The molecule has 1 aromatic heterocycles. The Hall–Kier alpha value is -2.56. The SMILES string of the molecule is CCOc1ccc(Nc2ccnc(C(=O)N3CCCC3)c2)cc1. The summed E-state index contributed by atoms with van der Waals surface area (Å²) in [5, 5.41) is 3.29. The van der Waals surface area contributed by atoms with Gasteiger partial charge in [-0.2, -0.15) is 0 Å². The summed E-state index contributed by atoms with van der Waals surface area (Å²) in [5.74, 6) is 0.857. The molecule has 23 heavy (non-hydrogen) atoms. The largest absolute Gasteiger partial charge is 0.494 e. The molecule has 1 fully saturated rings. The van der Waals surface area contributed by atoms with Crippen LogP contribution in [0, 0.1) is 0 Å². The van der Waals surface area contributed by atoms with Crippen molar-refractivity contribution in [3.05, 3.63) is 48.3 Å². The van der Waals surface area contributed by atoms with Crippen LogP contribution < -0.4 is 10.1 Å². The number of rotatable bonds is 5. The normalized spacial score (nSPS) is 13.9. The van der Waals surface area contributed by atoms with Crippen molar-refractivity contribution in [3.8, 4) is 5.75 Å². The minimum Gasteiger partial charge on any atom is -0.494 e. The first-order valence-electron chi connectivity index (χ1n) is 8.01. The summed E-state index contributed by atoms with van der Waals surface area (Å²) < 4.78 is 5.43. The molecule has 2 heterocycles. The van der Waals surface area contributed by atoms with Gasteiger partial charge >= 0.3 is 0 Å². The Labute approximate surface area is 136 Å². The number of carbonyl (C=O) groups excluding carboxylic acids is 1.